The molecule has 2 N–H and O–H groups in total. The standard InChI is InChI=1S/C15H21N3O2S/c1-5-20-11-6-7-12-13(8-11)18-15(17-12)21-10(4)14(19)16-9(2)3/h6-10H,5H2,1-4H3,(H,16,19)(H,17,18)/t10-/m1/s1. The molecule has 2 rings (SSSR count). The fourth-order valence-electron chi connectivity index (χ4n) is 1.90. The van der Waals surface area contributed by atoms with Gasteiger partial charge in [0.1, 0.15) is 5.75 Å². The van der Waals surface area contributed by atoms with Gasteiger partial charge < -0.3 is 15.0 Å². The van der Waals surface area contributed by atoms with Crippen LogP contribution in [0.1, 0.15) is 27.7 Å². The van der Waals surface area contributed by atoms with Gasteiger partial charge in [-0.15, -0.1) is 0 Å². The van der Waals surface area contributed by atoms with E-state index in [2.05, 4.69) is 15.3 Å². The van der Waals surface area contributed by atoms with Crippen molar-refractivity contribution in [1.29, 1.82) is 0 Å². The topological polar surface area (TPSA) is 67.0 Å². The van der Waals surface area contributed by atoms with Crippen LogP contribution in [-0.2, 0) is 4.79 Å². The van der Waals surface area contributed by atoms with Crippen LogP contribution in [0.5, 0.6) is 5.75 Å². The maximum atomic E-state index is 11.9. The second-order valence-electron chi connectivity index (χ2n) is 5.08. The zero-order chi connectivity index (χ0) is 15.4. The molecule has 0 fully saturated rings. The molecule has 1 amide bonds. The summed E-state index contributed by atoms with van der Waals surface area (Å²) >= 11 is 1.42. The molecule has 0 aliphatic heterocycles. The van der Waals surface area contributed by atoms with E-state index in [1.165, 1.54) is 11.8 Å². The number of ether oxygens (including phenoxy) is 1. The zero-order valence-corrected chi connectivity index (χ0v) is 13.6. The molecule has 0 saturated carbocycles. The Kier molecular flexibility index (Phi) is 5.12. The lowest BCUT2D eigenvalue weighted by atomic mass is 10.3. The molecule has 0 saturated heterocycles. The molecular formula is C15H21N3O2S. The van der Waals surface area contributed by atoms with Crippen LogP contribution >= 0.6 is 11.8 Å². The molecule has 114 valence electrons. The Morgan fingerprint density at radius 2 is 2.19 bits per heavy atom. The average molecular weight is 307 g/mol. The molecule has 6 heteroatoms. The van der Waals surface area contributed by atoms with Gasteiger partial charge in [0.2, 0.25) is 5.91 Å². The van der Waals surface area contributed by atoms with Gasteiger partial charge in [0.25, 0.3) is 0 Å². The predicted octanol–water partition coefficient (Wildman–Crippen LogP) is 2.97. The first kappa shape index (κ1) is 15.7. The first-order valence-corrected chi connectivity index (χ1v) is 7.97. The Bertz CT molecular complexity index is 624. The van der Waals surface area contributed by atoms with Crippen molar-refractivity contribution in [2.75, 3.05) is 6.61 Å². The van der Waals surface area contributed by atoms with Gasteiger partial charge in [0.05, 0.1) is 22.9 Å². The molecule has 0 bridgehead atoms. The number of hydrogen-bond acceptors (Lipinski definition) is 4. The van der Waals surface area contributed by atoms with Crippen molar-refractivity contribution in [2.45, 2.75) is 44.1 Å². The second kappa shape index (κ2) is 6.85. The van der Waals surface area contributed by atoms with Crippen LogP contribution in [0, 0.1) is 0 Å². The number of rotatable bonds is 6. The maximum Gasteiger partial charge on any atom is 0.233 e. The zero-order valence-electron chi connectivity index (χ0n) is 12.8. The quantitative estimate of drug-likeness (QED) is 0.805. The highest BCUT2D eigenvalue weighted by molar-refractivity contribution is 8.00. The molecule has 0 radical (unpaired) electrons. The largest absolute Gasteiger partial charge is 0.494 e. The lowest BCUT2D eigenvalue weighted by molar-refractivity contribution is -0.120. The monoisotopic (exact) mass is 307 g/mol. The van der Waals surface area contributed by atoms with E-state index in [-0.39, 0.29) is 17.2 Å². The Hall–Kier alpha value is -1.69. The molecule has 0 aliphatic rings. The normalized spacial score (nSPS) is 12.6. The molecule has 0 unspecified atom stereocenters. The van der Waals surface area contributed by atoms with Crippen LogP contribution in [-0.4, -0.2) is 33.8 Å². The second-order valence-corrected chi connectivity index (χ2v) is 6.41. The lowest BCUT2D eigenvalue weighted by Gasteiger charge is -2.12. The van der Waals surface area contributed by atoms with Crippen molar-refractivity contribution in [1.82, 2.24) is 15.3 Å². The minimum Gasteiger partial charge on any atom is -0.494 e. The minimum atomic E-state index is -0.195. The molecule has 1 aromatic carbocycles. The van der Waals surface area contributed by atoms with Crippen molar-refractivity contribution in [2.24, 2.45) is 0 Å². The molecule has 5 nitrogen and oxygen atoms in total. The number of benzene rings is 1. The van der Waals surface area contributed by atoms with E-state index in [9.17, 15) is 4.79 Å². The summed E-state index contributed by atoms with van der Waals surface area (Å²) in [7, 11) is 0. The van der Waals surface area contributed by atoms with Crippen molar-refractivity contribution in [3.8, 4) is 5.75 Å². The lowest BCUT2D eigenvalue weighted by Crippen LogP contribution is -2.35. The van der Waals surface area contributed by atoms with Crippen molar-refractivity contribution in [3.63, 3.8) is 0 Å². The van der Waals surface area contributed by atoms with Crippen LogP contribution in [0.25, 0.3) is 11.0 Å². The first-order valence-electron chi connectivity index (χ1n) is 7.09. The molecule has 0 aliphatic carbocycles. The summed E-state index contributed by atoms with van der Waals surface area (Å²) in [5.74, 6) is 0.835. The molecule has 2 aromatic rings. The Morgan fingerprint density at radius 3 is 2.86 bits per heavy atom. The van der Waals surface area contributed by atoms with Gasteiger partial charge >= 0.3 is 0 Å². The highest BCUT2D eigenvalue weighted by Crippen LogP contribution is 2.25. The Labute approximate surface area is 128 Å². The molecule has 1 aromatic heterocycles. The average Bonchev–Trinajstić information content (AvgIpc) is 2.79. The number of H-pyrrole nitrogens is 1. The van der Waals surface area contributed by atoms with Gasteiger partial charge in [-0.1, -0.05) is 11.8 Å². The molecule has 21 heavy (non-hydrogen) atoms. The third-order valence-electron chi connectivity index (χ3n) is 2.83. The maximum absolute atomic E-state index is 11.9. The predicted molar refractivity (Wildman–Crippen MR) is 85.9 cm³/mol. The summed E-state index contributed by atoms with van der Waals surface area (Å²) in [6, 6.07) is 5.88. The number of nitrogens with one attached hydrogen (secondary N) is 2. The Morgan fingerprint density at radius 1 is 1.43 bits per heavy atom. The third-order valence-corrected chi connectivity index (χ3v) is 3.82. The number of aromatic nitrogens is 2. The van der Waals surface area contributed by atoms with Crippen molar-refractivity contribution >= 4 is 28.7 Å². The SMILES string of the molecule is CCOc1ccc2nc(S[C@H](C)C(=O)NC(C)C)[nH]c2c1. The summed E-state index contributed by atoms with van der Waals surface area (Å²) in [5, 5.41) is 3.45. The minimum absolute atomic E-state index is 0.0189. The number of thioether (sulfide) groups is 1. The van der Waals surface area contributed by atoms with E-state index in [1.807, 2.05) is 45.9 Å². The molecular weight excluding hydrogens is 286 g/mol. The van der Waals surface area contributed by atoms with E-state index in [0.717, 1.165) is 21.9 Å². The van der Waals surface area contributed by atoms with Gasteiger partial charge in [0, 0.05) is 12.1 Å². The van der Waals surface area contributed by atoms with Crippen LogP contribution in [0.3, 0.4) is 0 Å². The Balaban J connectivity index is 2.10. The fourth-order valence-corrected chi connectivity index (χ4v) is 2.73. The highest BCUT2D eigenvalue weighted by atomic mass is 32.2. The van der Waals surface area contributed by atoms with Crippen molar-refractivity contribution < 1.29 is 9.53 Å². The summed E-state index contributed by atoms with van der Waals surface area (Å²) in [6.07, 6.45) is 0. The van der Waals surface area contributed by atoms with Gasteiger partial charge in [-0.3, -0.25) is 4.79 Å². The number of carbonyl (C=O) groups excluding carboxylic acids is 1. The molecule has 1 atom stereocenters. The van der Waals surface area contributed by atoms with E-state index in [0.29, 0.717) is 6.61 Å². The van der Waals surface area contributed by atoms with Crippen LogP contribution in [0.2, 0.25) is 0 Å². The first-order chi connectivity index (χ1) is 9.99. The summed E-state index contributed by atoms with van der Waals surface area (Å²) in [6.45, 7) is 8.36. The summed E-state index contributed by atoms with van der Waals surface area (Å²) in [4.78, 5) is 19.6. The number of fused-ring (bicyclic) bond motifs is 1. The summed E-state index contributed by atoms with van der Waals surface area (Å²) in [5.41, 5.74) is 1.79. The van der Waals surface area contributed by atoms with Gasteiger partial charge in [-0.2, -0.15) is 0 Å². The summed E-state index contributed by atoms with van der Waals surface area (Å²) < 4.78 is 5.47. The van der Waals surface area contributed by atoms with E-state index < -0.39 is 0 Å². The van der Waals surface area contributed by atoms with Gasteiger partial charge in [0.15, 0.2) is 5.16 Å². The van der Waals surface area contributed by atoms with Crippen LogP contribution in [0.4, 0.5) is 0 Å². The van der Waals surface area contributed by atoms with Gasteiger partial charge in [-0.25, -0.2) is 4.98 Å². The fraction of sp³-hybridized carbons (Fsp3) is 0.467. The number of imidazole rings is 1. The molecule has 0 spiro atoms. The number of hydrogen-bond donors (Lipinski definition) is 2. The number of amides is 1. The van der Waals surface area contributed by atoms with E-state index in [1.54, 1.807) is 0 Å². The van der Waals surface area contributed by atoms with Crippen LogP contribution in [0.15, 0.2) is 23.4 Å². The number of aromatic amines is 1. The van der Waals surface area contributed by atoms with Crippen molar-refractivity contribution in [3.05, 3.63) is 18.2 Å². The highest BCUT2D eigenvalue weighted by Gasteiger charge is 2.17. The van der Waals surface area contributed by atoms with E-state index >= 15 is 0 Å². The van der Waals surface area contributed by atoms with Gasteiger partial charge in [-0.05, 0) is 39.8 Å². The van der Waals surface area contributed by atoms with Crippen LogP contribution < -0.4 is 10.1 Å². The smallest absolute Gasteiger partial charge is 0.233 e. The molecule has 1 heterocycles. The number of carbonyl (C=O) groups is 1. The number of nitrogens with zero attached hydrogens (tertiary/aromatic N) is 1. The van der Waals surface area contributed by atoms with E-state index in [4.69, 9.17) is 4.74 Å². The third kappa shape index (κ3) is 4.14.